The van der Waals surface area contributed by atoms with Gasteiger partial charge in [-0.1, -0.05) is 41.9 Å². The van der Waals surface area contributed by atoms with Crippen molar-refractivity contribution in [3.8, 4) is 11.1 Å². The maximum atomic E-state index is 13.2. The molecular formula is C23H21ClN4O3. The van der Waals surface area contributed by atoms with Gasteiger partial charge in [-0.05, 0) is 29.8 Å². The number of aromatic nitrogens is 3. The Hall–Kier alpha value is -3.42. The van der Waals surface area contributed by atoms with Gasteiger partial charge >= 0.3 is 0 Å². The summed E-state index contributed by atoms with van der Waals surface area (Å²) >= 11 is 5.90. The van der Waals surface area contributed by atoms with Gasteiger partial charge in [0, 0.05) is 29.6 Å². The van der Waals surface area contributed by atoms with Gasteiger partial charge in [0.05, 0.1) is 19.5 Å². The first kappa shape index (κ1) is 20.8. The van der Waals surface area contributed by atoms with E-state index in [-0.39, 0.29) is 18.0 Å². The van der Waals surface area contributed by atoms with Crippen molar-refractivity contribution in [1.82, 2.24) is 14.1 Å². The van der Waals surface area contributed by atoms with Crippen LogP contribution in [0.4, 0.5) is 5.69 Å². The van der Waals surface area contributed by atoms with Crippen molar-refractivity contribution in [2.45, 2.75) is 13.1 Å². The number of benzene rings is 2. The van der Waals surface area contributed by atoms with Gasteiger partial charge in [0.25, 0.3) is 5.56 Å². The largest absolute Gasteiger partial charge is 0.383 e. The Kier molecular flexibility index (Phi) is 6.16. The molecule has 1 N–H and O–H groups in total. The normalized spacial score (nSPS) is 11.0. The fourth-order valence-electron chi connectivity index (χ4n) is 3.41. The van der Waals surface area contributed by atoms with E-state index in [9.17, 15) is 9.59 Å². The standard InChI is InChI=1S/C23H21ClN4O3/c1-31-12-11-27-15-25-21-19(16-5-3-2-4-6-16)13-28(22(21)23(27)30)14-20(29)26-18-9-7-17(24)8-10-18/h2-10,13,15H,11-12,14H2,1H3,(H,26,29). The van der Waals surface area contributed by atoms with Gasteiger partial charge < -0.3 is 14.6 Å². The summed E-state index contributed by atoms with van der Waals surface area (Å²) in [6.45, 7) is 0.731. The van der Waals surface area contributed by atoms with Gasteiger partial charge in [-0.2, -0.15) is 0 Å². The van der Waals surface area contributed by atoms with Gasteiger partial charge in [0.2, 0.25) is 5.91 Å². The van der Waals surface area contributed by atoms with E-state index in [0.717, 1.165) is 11.1 Å². The van der Waals surface area contributed by atoms with Crippen LogP contribution in [0.15, 0.2) is 71.9 Å². The lowest BCUT2D eigenvalue weighted by Gasteiger charge is -2.09. The summed E-state index contributed by atoms with van der Waals surface area (Å²) in [5.74, 6) is -0.259. The fourth-order valence-corrected chi connectivity index (χ4v) is 3.53. The van der Waals surface area contributed by atoms with E-state index in [4.69, 9.17) is 16.3 Å². The Morgan fingerprint density at radius 3 is 2.55 bits per heavy atom. The van der Waals surface area contributed by atoms with Crippen LogP contribution in [-0.2, 0) is 22.6 Å². The SMILES string of the molecule is COCCn1cnc2c(-c3ccccc3)cn(CC(=O)Nc3ccc(Cl)cc3)c2c1=O. The highest BCUT2D eigenvalue weighted by Crippen LogP contribution is 2.27. The molecule has 2 aromatic heterocycles. The van der Waals surface area contributed by atoms with Crippen LogP contribution in [0.1, 0.15) is 0 Å². The number of amides is 1. The third-order valence-electron chi connectivity index (χ3n) is 4.90. The van der Waals surface area contributed by atoms with Crippen LogP contribution in [0.5, 0.6) is 0 Å². The summed E-state index contributed by atoms with van der Waals surface area (Å²) in [6.07, 6.45) is 3.32. The molecule has 0 aliphatic rings. The van der Waals surface area contributed by atoms with Gasteiger partial charge in [0.15, 0.2) is 0 Å². The van der Waals surface area contributed by atoms with Gasteiger partial charge in [-0.25, -0.2) is 4.98 Å². The smallest absolute Gasteiger partial charge is 0.277 e. The first-order valence-electron chi connectivity index (χ1n) is 9.75. The van der Waals surface area contributed by atoms with Crippen molar-refractivity contribution >= 4 is 34.2 Å². The molecule has 0 atom stereocenters. The molecule has 8 heteroatoms. The molecule has 0 unspecified atom stereocenters. The molecule has 2 heterocycles. The molecule has 7 nitrogen and oxygen atoms in total. The van der Waals surface area contributed by atoms with Crippen LogP contribution >= 0.6 is 11.6 Å². The van der Waals surface area contributed by atoms with E-state index in [1.807, 2.05) is 30.3 Å². The molecule has 0 saturated heterocycles. The monoisotopic (exact) mass is 436 g/mol. The summed E-state index contributed by atoms with van der Waals surface area (Å²) in [7, 11) is 1.58. The number of carbonyl (C=O) groups excluding carboxylic acids is 1. The van der Waals surface area contributed by atoms with Crippen LogP contribution < -0.4 is 10.9 Å². The number of halogens is 1. The molecule has 4 rings (SSSR count). The summed E-state index contributed by atoms with van der Waals surface area (Å²) in [5, 5.41) is 3.42. The van der Waals surface area contributed by atoms with E-state index in [0.29, 0.717) is 34.9 Å². The predicted octanol–water partition coefficient (Wildman–Crippen LogP) is 3.80. The molecule has 0 radical (unpaired) electrons. The topological polar surface area (TPSA) is 78.2 Å². The fraction of sp³-hybridized carbons (Fsp3) is 0.174. The van der Waals surface area contributed by atoms with Crippen LogP contribution in [0.3, 0.4) is 0 Å². The highest BCUT2D eigenvalue weighted by molar-refractivity contribution is 6.30. The number of anilines is 1. The Labute approximate surface area is 183 Å². The average Bonchev–Trinajstić information content (AvgIpc) is 3.14. The number of fused-ring (bicyclic) bond motifs is 1. The highest BCUT2D eigenvalue weighted by Gasteiger charge is 2.18. The van der Waals surface area contributed by atoms with Crippen molar-refractivity contribution in [3.05, 3.63) is 82.5 Å². The average molecular weight is 437 g/mol. The number of rotatable bonds is 7. The van der Waals surface area contributed by atoms with Gasteiger partial charge in [0.1, 0.15) is 17.6 Å². The van der Waals surface area contributed by atoms with Crippen LogP contribution in [-0.4, -0.2) is 33.7 Å². The number of ether oxygens (including phenoxy) is 1. The zero-order valence-electron chi connectivity index (χ0n) is 16.9. The van der Waals surface area contributed by atoms with Gasteiger partial charge in [-0.3, -0.25) is 14.2 Å². The first-order valence-corrected chi connectivity index (χ1v) is 10.1. The van der Waals surface area contributed by atoms with E-state index < -0.39 is 0 Å². The summed E-state index contributed by atoms with van der Waals surface area (Å²) in [6, 6.07) is 16.5. The van der Waals surface area contributed by atoms with Crippen LogP contribution in [0.2, 0.25) is 5.02 Å². The summed E-state index contributed by atoms with van der Waals surface area (Å²) in [5.41, 5.74) is 3.07. The van der Waals surface area contributed by atoms with E-state index in [2.05, 4.69) is 10.3 Å². The van der Waals surface area contributed by atoms with E-state index in [1.54, 1.807) is 42.1 Å². The first-order chi connectivity index (χ1) is 15.1. The van der Waals surface area contributed by atoms with Crippen LogP contribution in [0.25, 0.3) is 22.2 Å². The Bertz CT molecular complexity index is 1260. The number of hydrogen-bond donors (Lipinski definition) is 1. The highest BCUT2D eigenvalue weighted by atomic mass is 35.5. The lowest BCUT2D eigenvalue weighted by Crippen LogP contribution is -2.26. The molecule has 0 fully saturated rings. The Balaban J connectivity index is 1.74. The number of hydrogen-bond acceptors (Lipinski definition) is 4. The van der Waals surface area contributed by atoms with Crippen molar-refractivity contribution in [3.63, 3.8) is 0 Å². The van der Waals surface area contributed by atoms with Crippen molar-refractivity contribution in [2.75, 3.05) is 19.0 Å². The summed E-state index contributed by atoms with van der Waals surface area (Å²) in [4.78, 5) is 30.4. The molecule has 0 saturated carbocycles. The second-order valence-electron chi connectivity index (χ2n) is 7.02. The minimum absolute atomic E-state index is 0.0306. The van der Waals surface area contributed by atoms with Crippen molar-refractivity contribution in [2.24, 2.45) is 0 Å². The van der Waals surface area contributed by atoms with Crippen molar-refractivity contribution < 1.29 is 9.53 Å². The zero-order chi connectivity index (χ0) is 21.8. The molecule has 158 valence electrons. The molecule has 4 aromatic rings. The lowest BCUT2D eigenvalue weighted by atomic mass is 10.1. The lowest BCUT2D eigenvalue weighted by molar-refractivity contribution is -0.116. The molecule has 0 aliphatic heterocycles. The van der Waals surface area contributed by atoms with E-state index in [1.165, 1.54) is 10.9 Å². The number of carbonyl (C=O) groups is 1. The molecule has 31 heavy (non-hydrogen) atoms. The minimum atomic E-state index is -0.259. The predicted molar refractivity (Wildman–Crippen MR) is 121 cm³/mol. The zero-order valence-corrected chi connectivity index (χ0v) is 17.7. The molecule has 1 amide bonds. The van der Waals surface area contributed by atoms with Crippen LogP contribution in [0, 0.1) is 0 Å². The third kappa shape index (κ3) is 4.52. The maximum Gasteiger partial charge on any atom is 0.277 e. The minimum Gasteiger partial charge on any atom is -0.383 e. The molecule has 0 bridgehead atoms. The number of nitrogens with one attached hydrogen (secondary N) is 1. The quantitative estimate of drug-likeness (QED) is 0.478. The summed E-state index contributed by atoms with van der Waals surface area (Å²) < 4.78 is 8.24. The molecular weight excluding hydrogens is 416 g/mol. The van der Waals surface area contributed by atoms with Gasteiger partial charge in [-0.15, -0.1) is 0 Å². The second-order valence-corrected chi connectivity index (χ2v) is 7.46. The van der Waals surface area contributed by atoms with Crippen molar-refractivity contribution in [1.29, 1.82) is 0 Å². The molecule has 0 aliphatic carbocycles. The molecule has 2 aromatic carbocycles. The Morgan fingerprint density at radius 2 is 1.84 bits per heavy atom. The third-order valence-corrected chi connectivity index (χ3v) is 5.16. The maximum absolute atomic E-state index is 13.2. The number of methoxy groups -OCH3 is 1. The van der Waals surface area contributed by atoms with E-state index >= 15 is 0 Å². The Morgan fingerprint density at radius 1 is 1.10 bits per heavy atom. The molecule has 0 spiro atoms. The number of nitrogens with zero attached hydrogens (tertiary/aromatic N) is 3. The second kappa shape index (κ2) is 9.16.